The van der Waals surface area contributed by atoms with Gasteiger partial charge in [-0.25, -0.2) is 8.42 Å². The first kappa shape index (κ1) is 15.7. The number of carboxylic acid groups (broad SMARTS) is 1. The van der Waals surface area contributed by atoms with Crippen molar-refractivity contribution < 1.29 is 18.3 Å². The highest BCUT2D eigenvalue weighted by Crippen LogP contribution is 2.12. The molecular formula is C13H19NO4S. The van der Waals surface area contributed by atoms with Gasteiger partial charge in [-0.2, -0.15) is 4.31 Å². The van der Waals surface area contributed by atoms with E-state index in [1.54, 1.807) is 6.92 Å². The van der Waals surface area contributed by atoms with E-state index in [0.717, 1.165) is 11.1 Å². The summed E-state index contributed by atoms with van der Waals surface area (Å²) in [5.74, 6) is -1.46. The monoisotopic (exact) mass is 285 g/mol. The summed E-state index contributed by atoms with van der Waals surface area (Å²) in [6.45, 7) is 4.29. The molecule has 19 heavy (non-hydrogen) atoms. The largest absolute Gasteiger partial charge is 0.481 e. The average molecular weight is 285 g/mol. The Morgan fingerprint density at radius 3 is 2.58 bits per heavy atom. The molecule has 106 valence electrons. The molecule has 1 N–H and O–H groups in total. The number of hydrogen-bond acceptors (Lipinski definition) is 3. The van der Waals surface area contributed by atoms with Crippen LogP contribution in [0.5, 0.6) is 0 Å². The van der Waals surface area contributed by atoms with Crippen LogP contribution in [-0.4, -0.2) is 36.1 Å². The van der Waals surface area contributed by atoms with E-state index in [0.29, 0.717) is 6.54 Å². The Bertz CT molecular complexity index is 539. The number of carbonyl (C=O) groups is 1. The molecule has 0 aliphatic rings. The maximum atomic E-state index is 12.0. The zero-order valence-electron chi connectivity index (χ0n) is 11.2. The molecule has 6 heteroatoms. The molecular weight excluding hydrogens is 266 g/mol. The zero-order valence-corrected chi connectivity index (χ0v) is 12.0. The van der Waals surface area contributed by atoms with Crippen molar-refractivity contribution in [1.82, 2.24) is 4.31 Å². The van der Waals surface area contributed by atoms with E-state index in [1.165, 1.54) is 4.31 Å². The SMILES string of the molecule is CCN(Cc1cccc(C)c1)S(=O)(=O)CCC(=O)O. The first-order valence-corrected chi connectivity index (χ1v) is 7.71. The molecule has 0 radical (unpaired) electrons. The Morgan fingerprint density at radius 2 is 2.05 bits per heavy atom. The first-order chi connectivity index (χ1) is 8.85. The molecule has 0 aliphatic carbocycles. The van der Waals surface area contributed by atoms with E-state index in [-0.39, 0.29) is 18.7 Å². The number of hydrogen-bond donors (Lipinski definition) is 1. The lowest BCUT2D eigenvalue weighted by atomic mass is 10.1. The van der Waals surface area contributed by atoms with Crippen LogP contribution >= 0.6 is 0 Å². The summed E-state index contributed by atoms with van der Waals surface area (Å²) in [6, 6.07) is 7.61. The Balaban J connectivity index is 2.80. The van der Waals surface area contributed by atoms with Crippen LogP contribution in [0, 0.1) is 6.92 Å². The van der Waals surface area contributed by atoms with E-state index < -0.39 is 16.0 Å². The van der Waals surface area contributed by atoms with Crippen molar-refractivity contribution in [3.63, 3.8) is 0 Å². The van der Waals surface area contributed by atoms with Crippen molar-refractivity contribution in [3.8, 4) is 0 Å². The number of rotatable bonds is 7. The third kappa shape index (κ3) is 5.00. The molecule has 0 heterocycles. The van der Waals surface area contributed by atoms with Crippen LogP contribution in [0.2, 0.25) is 0 Å². The molecule has 0 aliphatic heterocycles. The first-order valence-electron chi connectivity index (χ1n) is 6.10. The number of carboxylic acids is 1. The van der Waals surface area contributed by atoms with Crippen LogP contribution in [-0.2, 0) is 21.4 Å². The van der Waals surface area contributed by atoms with Gasteiger partial charge in [-0.3, -0.25) is 4.79 Å². The number of benzene rings is 1. The van der Waals surface area contributed by atoms with Gasteiger partial charge in [0.05, 0.1) is 12.2 Å². The van der Waals surface area contributed by atoms with Crippen molar-refractivity contribution in [2.75, 3.05) is 12.3 Å². The normalized spacial score (nSPS) is 11.7. The minimum absolute atomic E-state index is 0.278. The summed E-state index contributed by atoms with van der Waals surface area (Å²) in [4.78, 5) is 10.5. The standard InChI is InChI=1S/C13H19NO4S/c1-3-14(19(17,18)8-7-13(15)16)10-12-6-4-5-11(2)9-12/h4-6,9H,3,7-8,10H2,1-2H3,(H,15,16). The Morgan fingerprint density at radius 1 is 1.37 bits per heavy atom. The molecule has 1 aromatic rings. The van der Waals surface area contributed by atoms with Gasteiger partial charge in [-0.05, 0) is 12.5 Å². The van der Waals surface area contributed by atoms with Crippen LogP contribution < -0.4 is 0 Å². The van der Waals surface area contributed by atoms with E-state index >= 15 is 0 Å². The molecule has 0 aromatic heterocycles. The van der Waals surface area contributed by atoms with Crippen molar-refractivity contribution in [3.05, 3.63) is 35.4 Å². The molecule has 0 spiro atoms. The highest BCUT2D eigenvalue weighted by Gasteiger charge is 2.21. The minimum atomic E-state index is -3.53. The maximum Gasteiger partial charge on any atom is 0.304 e. The van der Waals surface area contributed by atoms with Crippen molar-refractivity contribution in [2.45, 2.75) is 26.8 Å². The topological polar surface area (TPSA) is 74.7 Å². The quantitative estimate of drug-likeness (QED) is 0.826. The predicted octanol–water partition coefficient (Wildman–Crippen LogP) is 1.62. The summed E-state index contributed by atoms with van der Waals surface area (Å²) < 4.78 is 25.3. The molecule has 0 saturated carbocycles. The van der Waals surface area contributed by atoms with Crippen LogP contribution in [0.4, 0.5) is 0 Å². The highest BCUT2D eigenvalue weighted by atomic mass is 32.2. The molecule has 1 aromatic carbocycles. The molecule has 1 rings (SSSR count). The Hall–Kier alpha value is -1.40. The highest BCUT2D eigenvalue weighted by molar-refractivity contribution is 7.89. The van der Waals surface area contributed by atoms with E-state index in [2.05, 4.69) is 0 Å². The molecule has 0 fully saturated rings. The summed E-state index contributed by atoms with van der Waals surface area (Å²) in [6.07, 6.45) is -0.368. The lowest BCUT2D eigenvalue weighted by Gasteiger charge is -2.20. The predicted molar refractivity (Wildman–Crippen MR) is 73.3 cm³/mol. The Labute approximate surface area is 113 Å². The van der Waals surface area contributed by atoms with Crippen molar-refractivity contribution in [2.24, 2.45) is 0 Å². The zero-order chi connectivity index (χ0) is 14.5. The summed E-state index contributed by atoms with van der Waals surface area (Å²) in [7, 11) is -3.53. The maximum absolute atomic E-state index is 12.0. The molecule has 0 unspecified atom stereocenters. The number of sulfonamides is 1. The third-order valence-corrected chi connectivity index (χ3v) is 4.66. The number of aryl methyl sites for hydroxylation is 1. The molecule has 0 bridgehead atoms. The molecule has 5 nitrogen and oxygen atoms in total. The van der Waals surface area contributed by atoms with Gasteiger partial charge in [0.1, 0.15) is 0 Å². The lowest BCUT2D eigenvalue weighted by molar-refractivity contribution is -0.136. The summed E-state index contributed by atoms with van der Waals surface area (Å²) in [5, 5.41) is 8.57. The fourth-order valence-corrected chi connectivity index (χ4v) is 3.20. The lowest BCUT2D eigenvalue weighted by Crippen LogP contribution is -2.33. The van der Waals surface area contributed by atoms with Gasteiger partial charge in [0, 0.05) is 13.1 Å². The van der Waals surface area contributed by atoms with Crippen LogP contribution in [0.15, 0.2) is 24.3 Å². The summed E-state index contributed by atoms with van der Waals surface area (Å²) >= 11 is 0. The van der Waals surface area contributed by atoms with Crippen molar-refractivity contribution in [1.29, 1.82) is 0 Å². The second-order valence-corrected chi connectivity index (χ2v) is 6.46. The second kappa shape index (κ2) is 6.68. The molecule has 0 atom stereocenters. The van der Waals surface area contributed by atoms with Gasteiger partial charge in [-0.1, -0.05) is 36.8 Å². The van der Waals surface area contributed by atoms with Crippen LogP contribution in [0.1, 0.15) is 24.5 Å². The van der Waals surface area contributed by atoms with Gasteiger partial charge < -0.3 is 5.11 Å². The van der Waals surface area contributed by atoms with Gasteiger partial charge >= 0.3 is 5.97 Å². The number of nitrogens with zero attached hydrogens (tertiary/aromatic N) is 1. The number of aliphatic carboxylic acids is 1. The molecule has 0 saturated heterocycles. The van der Waals surface area contributed by atoms with E-state index in [4.69, 9.17) is 5.11 Å². The van der Waals surface area contributed by atoms with Gasteiger partial charge in [0.25, 0.3) is 0 Å². The van der Waals surface area contributed by atoms with E-state index in [9.17, 15) is 13.2 Å². The third-order valence-electron chi connectivity index (χ3n) is 2.76. The van der Waals surface area contributed by atoms with Crippen LogP contribution in [0.25, 0.3) is 0 Å². The smallest absolute Gasteiger partial charge is 0.304 e. The Kier molecular flexibility index (Phi) is 5.50. The van der Waals surface area contributed by atoms with Gasteiger partial charge in [0.2, 0.25) is 10.0 Å². The average Bonchev–Trinajstić information content (AvgIpc) is 2.33. The van der Waals surface area contributed by atoms with E-state index in [1.807, 2.05) is 31.2 Å². The molecule has 0 amide bonds. The second-order valence-electron chi connectivity index (χ2n) is 4.37. The fourth-order valence-electron chi connectivity index (χ4n) is 1.77. The van der Waals surface area contributed by atoms with Gasteiger partial charge in [0.15, 0.2) is 0 Å². The van der Waals surface area contributed by atoms with Crippen molar-refractivity contribution >= 4 is 16.0 Å². The van der Waals surface area contributed by atoms with Crippen LogP contribution in [0.3, 0.4) is 0 Å². The van der Waals surface area contributed by atoms with Gasteiger partial charge in [-0.15, -0.1) is 0 Å². The summed E-state index contributed by atoms with van der Waals surface area (Å²) in [5.41, 5.74) is 1.97. The fraction of sp³-hybridized carbons (Fsp3) is 0.462. The minimum Gasteiger partial charge on any atom is -0.481 e.